The van der Waals surface area contributed by atoms with Gasteiger partial charge in [-0.2, -0.15) is 0 Å². The second-order valence-corrected chi connectivity index (χ2v) is 9.90. The predicted octanol–water partition coefficient (Wildman–Crippen LogP) is 3.46. The number of amides is 1. The molecule has 0 spiro atoms. The maximum Gasteiger partial charge on any atom is 0.266 e. The van der Waals surface area contributed by atoms with Crippen molar-refractivity contribution >= 4 is 38.4 Å². The van der Waals surface area contributed by atoms with Gasteiger partial charge in [0.1, 0.15) is 5.75 Å². The highest BCUT2D eigenvalue weighted by atomic mass is 35.5. The van der Waals surface area contributed by atoms with Crippen molar-refractivity contribution in [2.45, 2.75) is 19.3 Å². The van der Waals surface area contributed by atoms with Gasteiger partial charge in [0, 0.05) is 33.6 Å². The lowest BCUT2D eigenvalue weighted by atomic mass is 9.84. The Balaban J connectivity index is 2.14. The Morgan fingerprint density at radius 1 is 1.27 bits per heavy atom. The molecule has 9 heteroatoms. The largest absolute Gasteiger partial charge is 0.496 e. The molecule has 3 aromatic rings. The van der Waals surface area contributed by atoms with E-state index in [1.807, 2.05) is 36.8 Å². The number of carbonyl (C=O) groups is 1. The first-order valence-corrected chi connectivity index (χ1v) is 11.4. The highest BCUT2D eigenvalue weighted by molar-refractivity contribution is 7.89. The van der Waals surface area contributed by atoms with Gasteiger partial charge in [-0.25, -0.2) is 13.1 Å². The second kappa shape index (κ2) is 7.94. The molecule has 0 aliphatic heterocycles. The molecule has 2 aromatic carbocycles. The van der Waals surface area contributed by atoms with Crippen molar-refractivity contribution in [3.8, 4) is 16.9 Å². The lowest BCUT2D eigenvalue weighted by Crippen LogP contribution is -2.29. The molecule has 3 rings (SSSR count). The average molecular weight is 451 g/mol. The fraction of sp³-hybridized carbons (Fsp3) is 0.286. The number of aliphatic hydroxyl groups excluding tert-OH is 1. The average Bonchev–Trinajstić information content (AvgIpc) is 3.08. The molecule has 0 radical (unpaired) electrons. The lowest BCUT2D eigenvalue weighted by Gasteiger charge is -2.25. The lowest BCUT2D eigenvalue weighted by molar-refractivity contribution is 0.0983. The minimum Gasteiger partial charge on any atom is -0.496 e. The molecule has 0 unspecified atom stereocenters. The van der Waals surface area contributed by atoms with Crippen LogP contribution in [0.4, 0.5) is 0 Å². The number of benzene rings is 2. The summed E-state index contributed by atoms with van der Waals surface area (Å²) >= 11 is 6.49. The maximum absolute atomic E-state index is 12.4. The quantitative estimate of drug-likeness (QED) is 0.533. The minimum absolute atomic E-state index is 0.0441. The molecule has 1 heterocycles. The van der Waals surface area contributed by atoms with E-state index < -0.39 is 21.3 Å². The number of aliphatic hydroxyl groups is 1. The number of rotatable bonds is 6. The number of hydrogen-bond donors (Lipinski definition) is 3. The van der Waals surface area contributed by atoms with Crippen LogP contribution in [0.15, 0.2) is 36.5 Å². The molecule has 1 amide bonds. The summed E-state index contributed by atoms with van der Waals surface area (Å²) in [5, 5.41) is 10.7. The number of nitrogens with one attached hydrogen (secondary N) is 2. The maximum atomic E-state index is 12.4. The standard InChI is InChI=1S/C21H23ClN2O5S/c1-21(2,11-25)16-6-5-12(7-19(16)29-3)13-8-14-15(20(26)24-30(4,27)28)10-23-18(14)9-17(13)22/h5-10,23,25H,11H2,1-4H3,(H,24,26). The predicted molar refractivity (Wildman–Crippen MR) is 118 cm³/mol. The number of ether oxygens (including phenoxy) is 1. The number of hydrogen-bond acceptors (Lipinski definition) is 5. The summed E-state index contributed by atoms with van der Waals surface area (Å²) in [7, 11) is -2.14. The zero-order chi connectivity index (χ0) is 22.3. The normalized spacial score (nSPS) is 12.2. The molecule has 0 aliphatic carbocycles. The van der Waals surface area contributed by atoms with E-state index in [1.165, 1.54) is 6.20 Å². The van der Waals surface area contributed by atoms with E-state index in [4.69, 9.17) is 16.3 Å². The monoisotopic (exact) mass is 450 g/mol. The highest BCUT2D eigenvalue weighted by Gasteiger charge is 2.24. The van der Waals surface area contributed by atoms with Gasteiger partial charge < -0.3 is 14.8 Å². The number of sulfonamides is 1. The molecule has 0 bridgehead atoms. The van der Waals surface area contributed by atoms with Crippen LogP contribution in [-0.2, 0) is 15.4 Å². The molecule has 0 fully saturated rings. The van der Waals surface area contributed by atoms with E-state index in [9.17, 15) is 18.3 Å². The zero-order valence-electron chi connectivity index (χ0n) is 17.0. The molecule has 0 aliphatic rings. The number of fused-ring (bicyclic) bond motifs is 1. The summed E-state index contributed by atoms with van der Waals surface area (Å²) in [6.07, 6.45) is 2.36. The molecule has 160 valence electrons. The molecule has 1 aromatic heterocycles. The van der Waals surface area contributed by atoms with Gasteiger partial charge in [0.25, 0.3) is 5.91 Å². The molecular weight excluding hydrogens is 428 g/mol. The van der Waals surface area contributed by atoms with Gasteiger partial charge in [0.05, 0.1) is 30.6 Å². The summed E-state index contributed by atoms with van der Waals surface area (Å²) < 4.78 is 30.4. The molecule has 7 nitrogen and oxygen atoms in total. The molecule has 3 N–H and O–H groups in total. The molecule has 0 atom stereocenters. The first-order chi connectivity index (χ1) is 14.0. The number of aromatic nitrogens is 1. The number of carbonyl (C=O) groups excluding carboxylic acids is 1. The summed E-state index contributed by atoms with van der Waals surface area (Å²) in [5.41, 5.74) is 2.57. The number of methoxy groups -OCH3 is 1. The SMILES string of the molecule is COc1cc(-c2cc3c(C(=O)NS(C)(=O)=O)c[nH]c3cc2Cl)ccc1C(C)(C)CO. The van der Waals surface area contributed by atoms with Crippen molar-refractivity contribution in [1.29, 1.82) is 0 Å². The third kappa shape index (κ3) is 4.30. The third-order valence-corrected chi connectivity index (χ3v) is 5.80. The van der Waals surface area contributed by atoms with Crippen LogP contribution in [0.25, 0.3) is 22.0 Å². The Labute approximate surface area is 180 Å². The Morgan fingerprint density at radius 3 is 2.57 bits per heavy atom. The molecule has 0 saturated carbocycles. The van der Waals surface area contributed by atoms with Crippen molar-refractivity contribution in [2.24, 2.45) is 0 Å². The Bertz CT molecular complexity index is 1230. The van der Waals surface area contributed by atoms with Gasteiger partial charge in [-0.3, -0.25) is 4.79 Å². The van der Waals surface area contributed by atoms with E-state index >= 15 is 0 Å². The summed E-state index contributed by atoms with van der Waals surface area (Å²) in [5.74, 6) is -0.124. The number of aromatic amines is 1. The fourth-order valence-electron chi connectivity index (χ4n) is 3.28. The first-order valence-electron chi connectivity index (χ1n) is 9.09. The van der Waals surface area contributed by atoms with Crippen LogP contribution in [0.5, 0.6) is 5.75 Å². The second-order valence-electron chi connectivity index (χ2n) is 7.74. The first kappa shape index (κ1) is 22.1. The Hall–Kier alpha value is -2.55. The van der Waals surface area contributed by atoms with Gasteiger partial charge in [0.2, 0.25) is 10.0 Å². The van der Waals surface area contributed by atoms with E-state index in [0.717, 1.165) is 17.4 Å². The summed E-state index contributed by atoms with van der Waals surface area (Å²) in [6, 6.07) is 8.98. The molecule has 30 heavy (non-hydrogen) atoms. The van der Waals surface area contributed by atoms with Crippen LogP contribution in [0.3, 0.4) is 0 Å². The summed E-state index contributed by atoms with van der Waals surface area (Å²) in [6.45, 7) is 3.78. The smallest absolute Gasteiger partial charge is 0.266 e. The van der Waals surface area contributed by atoms with Gasteiger partial charge in [-0.05, 0) is 23.8 Å². The van der Waals surface area contributed by atoms with Gasteiger partial charge in [-0.15, -0.1) is 0 Å². The molecular formula is C21H23ClN2O5S. The number of H-pyrrole nitrogens is 1. The fourth-order valence-corrected chi connectivity index (χ4v) is 4.00. The van der Waals surface area contributed by atoms with E-state index in [1.54, 1.807) is 19.2 Å². The highest BCUT2D eigenvalue weighted by Crippen LogP contribution is 2.38. The van der Waals surface area contributed by atoms with Crippen LogP contribution in [0.2, 0.25) is 5.02 Å². The van der Waals surface area contributed by atoms with Crippen LogP contribution in [0.1, 0.15) is 29.8 Å². The van der Waals surface area contributed by atoms with E-state index in [2.05, 4.69) is 4.98 Å². The zero-order valence-corrected chi connectivity index (χ0v) is 18.6. The molecule has 0 saturated heterocycles. The van der Waals surface area contributed by atoms with Crippen molar-refractivity contribution in [3.05, 3.63) is 52.7 Å². The number of halogens is 1. The Morgan fingerprint density at radius 2 is 1.97 bits per heavy atom. The Kier molecular flexibility index (Phi) is 5.86. The van der Waals surface area contributed by atoms with Crippen molar-refractivity contribution < 1.29 is 23.1 Å². The topological polar surface area (TPSA) is 108 Å². The van der Waals surface area contributed by atoms with E-state index in [0.29, 0.717) is 27.2 Å². The van der Waals surface area contributed by atoms with Crippen molar-refractivity contribution in [1.82, 2.24) is 9.71 Å². The van der Waals surface area contributed by atoms with Crippen LogP contribution in [-0.4, -0.2) is 44.4 Å². The van der Waals surface area contributed by atoms with Crippen molar-refractivity contribution in [2.75, 3.05) is 20.0 Å². The van der Waals surface area contributed by atoms with Crippen LogP contribution >= 0.6 is 11.6 Å². The van der Waals surface area contributed by atoms with Crippen LogP contribution < -0.4 is 9.46 Å². The van der Waals surface area contributed by atoms with Gasteiger partial charge in [0.15, 0.2) is 0 Å². The van der Waals surface area contributed by atoms with Gasteiger partial charge in [-0.1, -0.05) is 37.6 Å². The van der Waals surface area contributed by atoms with E-state index in [-0.39, 0.29) is 12.2 Å². The van der Waals surface area contributed by atoms with Crippen molar-refractivity contribution in [3.63, 3.8) is 0 Å². The third-order valence-electron chi connectivity index (χ3n) is 4.93. The summed E-state index contributed by atoms with van der Waals surface area (Å²) in [4.78, 5) is 15.3. The minimum atomic E-state index is -3.70. The van der Waals surface area contributed by atoms with Crippen LogP contribution in [0, 0.1) is 0 Å². The van der Waals surface area contributed by atoms with Gasteiger partial charge >= 0.3 is 0 Å².